The maximum atomic E-state index is 6.31. The largest absolute Gasteiger partial charge is 0.338 e. The van der Waals surface area contributed by atoms with Gasteiger partial charge >= 0.3 is 0 Å². The molecule has 2 aliphatic heterocycles. The molecule has 0 radical (unpaired) electrons. The Balaban J connectivity index is 1.42. The Kier molecular flexibility index (Phi) is 5.38. The number of nitrogens with zero attached hydrogens (tertiary/aromatic N) is 5. The van der Waals surface area contributed by atoms with E-state index in [1.807, 2.05) is 24.4 Å². The molecule has 0 atom stereocenters. The fourth-order valence-electron chi connectivity index (χ4n) is 3.78. The van der Waals surface area contributed by atoms with Gasteiger partial charge in [-0.2, -0.15) is 0 Å². The van der Waals surface area contributed by atoms with Gasteiger partial charge in [0, 0.05) is 69.0 Å². The SMILES string of the molecule is CCN1CCN(c2ncc3c(n2)CCN(Cc2ccccc2Cl)C3)CC1. The molecule has 2 aliphatic rings. The molecule has 138 valence electrons. The average Bonchev–Trinajstić information content (AvgIpc) is 2.69. The Hall–Kier alpha value is -1.69. The van der Waals surface area contributed by atoms with E-state index < -0.39 is 0 Å². The van der Waals surface area contributed by atoms with Gasteiger partial charge in [-0.1, -0.05) is 36.7 Å². The van der Waals surface area contributed by atoms with Crippen molar-refractivity contribution >= 4 is 17.5 Å². The number of benzene rings is 1. The van der Waals surface area contributed by atoms with E-state index in [1.165, 1.54) is 16.8 Å². The molecule has 0 unspecified atom stereocenters. The van der Waals surface area contributed by atoms with Crippen LogP contribution in [-0.2, 0) is 19.5 Å². The Bertz CT molecular complexity index is 758. The summed E-state index contributed by atoms with van der Waals surface area (Å²) in [6, 6.07) is 8.09. The van der Waals surface area contributed by atoms with Gasteiger partial charge < -0.3 is 9.80 Å². The van der Waals surface area contributed by atoms with Crippen LogP contribution in [0.5, 0.6) is 0 Å². The van der Waals surface area contributed by atoms with Gasteiger partial charge in [0.15, 0.2) is 0 Å². The molecule has 0 spiro atoms. The van der Waals surface area contributed by atoms with Crippen molar-refractivity contribution in [2.75, 3.05) is 44.2 Å². The van der Waals surface area contributed by atoms with Gasteiger partial charge in [-0.25, -0.2) is 9.97 Å². The summed E-state index contributed by atoms with van der Waals surface area (Å²) in [7, 11) is 0. The number of fused-ring (bicyclic) bond motifs is 1. The molecule has 0 N–H and O–H groups in total. The van der Waals surface area contributed by atoms with E-state index in [9.17, 15) is 0 Å². The van der Waals surface area contributed by atoms with Crippen molar-refractivity contribution in [3.05, 3.63) is 52.3 Å². The molecule has 0 saturated carbocycles. The molecule has 2 aromatic rings. The van der Waals surface area contributed by atoms with Crippen LogP contribution in [0.2, 0.25) is 5.02 Å². The number of anilines is 1. The molecule has 0 amide bonds. The van der Waals surface area contributed by atoms with Crippen LogP contribution >= 0.6 is 11.6 Å². The Morgan fingerprint density at radius 1 is 1.04 bits per heavy atom. The highest BCUT2D eigenvalue weighted by Gasteiger charge is 2.22. The van der Waals surface area contributed by atoms with Crippen LogP contribution in [0.3, 0.4) is 0 Å². The average molecular weight is 372 g/mol. The summed E-state index contributed by atoms with van der Waals surface area (Å²) in [6.45, 7) is 10.4. The van der Waals surface area contributed by atoms with Gasteiger partial charge in [0.2, 0.25) is 5.95 Å². The molecule has 4 rings (SSSR count). The van der Waals surface area contributed by atoms with E-state index in [4.69, 9.17) is 16.6 Å². The lowest BCUT2D eigenvalue weighted by Gasteiger charge is -2.35. The van der Waals surface area contributed by atoms with Gasteiger partial charge in [-0.3, -0.25) is 4.90 Å². The lowest BCUT2D eigenvalue weighted by molar-refractivity contribution is 0.242. The summed E-state index contributed by atoms with van der Waals surface area (Å²) in [6.07, 6.45) is 3.01. The molecule has 5 nitrogen and oxygen atoms in total. The summed E-state index contributed by atoms with van der Waals surface area (Å²) >= 11 is 6.31. The second kappa shape index (κ2) is 7.91. The second-order valence-electron chi connectivity index (χ2n) is 7.12. The van der Waals surface area contributed by atoms with Crippen molar-refractivity contribution in [2.45, 2.75) is 26.4 Å². The molecule has 0 aliphatic carbocycles. The minimum absolute atomic E-state index is 0.844. The highest BCUT2D eigenvalue weighted by Crippen LogP contribution is 2.23. The third-order valence-corrected chi connectivity index (χ3v) is 5.82. The molecule has 0 bridgehead atoms. The monoisotopic (exact) mass is 371 g/mol. The van der Waals surface area contributed by atoms with Crippen molar-refractivity contribution in [1.29, 1.82) is 0 Å². The molecular formula is C20H26ClN5. The first-order chi connectivity index (χ1) is 12.7. The quantitative estimate of drug-likeness (QED) is 0.825. The molecule has 6 heteroatoms. The second-order valence-corrected chi connectivity index (χ2v) is 7.52. The number of hydrogen-bond acceptors (Lipinski definition) is 5. The van der Waals surface area contributed by atoms with Gasteiger partial charge in [-0.15, -0.1) is 0 Å². The first-order valence-corrected chi connectivity index (χ1v) is 9.88. The summed E-state index contributed by atoms with van der Waals surface area (Å²) in [4.78, 5) is 16.8. The summed E-state index contributed by atoms with van der Waals surface area (Å²) in [5.74, 6) is 0.902. The Morgan fingerprint density at radius 2 is 1.85 bits per heavy atom. The van der Waals surface area contributed by atoms with Crippen LogP contribution in [0, 0.1) is 0 Å². The van der Waals surface area contributed by atoms with E-state index in [0.717, 1.165) is 69.7 Å². The number of aromatic nitrogens is 2. The van der Waals surface area contributed by atoms with Crippen molar-refractivity contribution < 1.29 is 0 Å². The molecule has 26 heavy (non-hydrogen) atoms. The topological polar surface area (TPSA) is 35.5 Å². The van der Waals surface area contributed by atoms with Gasteiger partial charge in [-0.05, 0) is 18.2 Å². The lowest BCUT2D eigenvalue weighted by Crippen LogP contribution is -2.47. The van der Waals surface area contributed by atoms with Crippen LogP contribution in [-0.4, -0.2) is 59.0 Å². The molecule has 1 aromatic heterocycles. The first-order valence-electron chi connectivity index (χ1n) is 9.51. The number of piperazine rings is 1. The predicted molar refractivity (Wildman–Crippen MR) is 106 cm³/mol. The van der Waals surface area contributed by atoms with Crippen molar-refractivity contribution in [1.82, 2.24) is 19.8 Å². The van der Waals surface area contributed by atoms with Gasteiger partial charge in [0.25, 0.3) is 0 Å². The highest BCUT2D eigenvalue weighted by atomic mass is 35.5. The molecule has 1 saturated heterocycles. The number of hydrogen-bond donors (Lipinski definition) is 0. The lowest BCUT2D eigenvalue weighted by atomic mass is 10.1. The zero-order valence-electron chi connectivity index (χ0n) is 15.4. The van der Waals surface area contributed by atoms with Crippen LogP contribution in [0.25, 0.3) is 0 Å². The number of likely N-dealkylation sites (N-methyl/N-ethyl adjacent to an activating group) is 1. The summed E-state index contributed by atoms with van der Waals surface area (Å²) in [5, 5.41) is 0.844. The fraction of sp³-hybridized carbons (Fsp3) is 0.500. The van der Waals surface area contributed by atoms with E-state index in [0.29, 0.717) is 0 Å². The van der Waals surface area contributed by atoms with Crippen molar-refractivity contribution in [3.63, 3.8) is 0 Å². The summed E-state index contributed by atoms with van der Waals surface area (Å²) < 4.78 is 0. The van der Waals surface area contributed by atoms with E-state index in [-0.39, 0.29) is 0 Å². The van der Waals surface area contributed by atoms with Crippen LogP contribution in [0.1, 0.15) is 23.7 Å². The normalized spacial score (nSPS) is 18.8. The van der Waals surface area contributed by atoms with E-state index >= 15 is 0 Å². The minimum atomic E-state index is 0.844. The Labute approximate surface area is 160 Å². The van der Waals surface area contributed by atoms with E-state index in [2.05, 4.69) is 32.7 Å². The van der Waals surface area contributed by atoms with Crippen LogP contribution < -0.4 is 4.90 Å². The first kappa shape index (κ1) is 17.7. The third kappa shape index (κ3) is 3.85. The third-order valence-electron chi connectivity index (χ3n) is 5.45. The maximum Gasteiger partial charge on any atom is 0.225 e. The molecule has 3 heterocycles. The smallest absolute Gasteiger partial charge is 0.225 e. The van der Waals surface area contributed by atoms with Gasteiger partial charge in [0.05, 0.1) is 5.69 Å². The number of rotatable bonds is 4. The minimum Gasteiger partial charge on any atom is -0.338 e. The standard InChI is InChI=1S/C20H26ClN5/c1-2-24-9-11-26(12-10-24)20-22-13-17-15-25(8-7-19(17)23-20)14-16-5-3-4-6-18(16)21/h3-6,13H,2,7-12,14-15H2,1H3. The van der Waals surface area contributed by atoms with Crippen LogP contribution in [0.4, 0.5) is 5.95 Å². The Morgan fingerprint density at radius 3 is 2.62 bits per heavy atom. The van der Waals surface area contributed by atoms with Crippen molar-refractivity contribution in [3.8, 4) is 0 Å². The predicted octanol–water partition coefficient (Wildman–Crippen LogP) is 2.83. The van der Waals surface area contributed by atoms with Gasteiger partial charge in [0.1, 0.15) is 0 Å². The summed E-state index contributed by atoms with van der Waals surface area (Å²) in [5.41, 5.74) is 3.64. The highest BCUT2D eigenvalue weighted by molar-refractivity contribution is 6.31. The molecule has 1 aromatic carbocycles. The van der Waals surface area contributed by atoms with Crippen molar-refractivity contribution in [2.24, 2.45) is 0 Å². The number of halogens is 1. The van der Waals surface area contributed by atoms with E-state index in [1.54, 1.807) is 0 Å². The zero-order valence-corrected chi connectivity index (χ0v) is 16.1. The van der Waals surface area contributed by atoms with Crippen LogP contribution in [0.15, 0.2) is 30.5 Å². The maximum absolute atomic E-state index is 6.31. The fourth-order valence-corrected chi connectivity index (χ4v) is 3.98. The molecular weight excluding hydrogens is 346 g/mol. The molecule has 1 fully saturated rings. The zero-order chi connectivity index (χ0) is 17.9.